The van der Waals surface area contributed by atoms with Crippen LogP contribution in [0, 0.1) is 0 Å². The van der Waals surface area contributed by atoms with Crippen molar-refractivity contribution in [1.82, 2.24) is 5.32 Å². The van der Waals surface area contributed by atoms with Crippen molar-refractivity contribution < 1.29 is 19.1 Å². The van der Waals surface area contributed by atoms with E-state index < -0.39 is 5.97 Å². The molecule has 1 heterocycles. The van der Waals surface area contributed by atoms with Gasteiger partial charge in [0.25, 0.3) is 0 Å². The van der Waals surface area contributed by atoms with Gasteiger partial charge < -0.3 is 20.1 Å². The number of carbonyl (C=O) groups is 2. The van der Waals surface area contributed by atoms with E-state index in [-0.39, 0.29) is 12.1 Å². The van der Waals surface area contributed by atoms with Crippen molar-refractivity contribution in [1.29, 1.82) is 0 Å². The van der Waals surface area contributed by atoms with Crippen LogP contribution in [0.5, 0.6) is 5.75 Å². The molecule has 1 aliphatic rings. The van der Waals surface area contributed by atoms with E-state index in [4.69, 9.17) is 9.47 Å². The van der Waals surface area contributed by atoms with Gasteiger partial charge in [-0.3, -0.25) is 0 Å². The van der Waals surface area contributed by atoms with Crippen molar-refractivity contribution in [2.45, 2.75) is 19.4 Å². The third kappa shape index (κ3) is 4.29. The Morgan fingerprint density at radius 1 is 1.20 bits per heavy atom. The third-order valence-corrected chi connectivity index (χ3v) is 3.85. The van der Waals surface area contributed by atoms with Gasteiger partial charge in [-0.25, -0.2) is 9.59 Å². The summed E-state index contributed by atoms with van der Waals surface area (Å²) in [5, 5.41) is 5.63. The Bertz CT molecular complexity index is 776. The van der Waals surface area contributed by atoms with E-state index in [0.717, 1.165) is 11.3 Å². The molecular formula is C19H20N2O4. The van der Waals surface area contributed by atoms with Gasteiger partial charge in [0.1, 0.15) is 12.4 Å². The van der Waals surface area contributed by atoms with Gasteiger partial charge in [0, 0.05) is 5.69 Å². The lowest BCUT2D eigenvalue weighted by Gasteiger charge is -2.26. The molecule has 6 heteroatoms. The number of benzene rings is 2. The highest BCUT2D eigenvalue weighted by molar-refractivity contribution is 5.94. The minimum absolute atomic E-state index is 0.108. The first-order valence-corrected chi connectivity index (χ1v) is 8.21. The smallest absolute Gasteiger partial charge is 0.338 e. The summed E-state index contributed by atoms with van der Waals surface area (Å²) >= 11 is 0. The van der Waals surface area contributed by atoms with Crippen molar-refractivity contribution in [3.05, 3.63) is 59.7 Å². The average Bonchev–Trinajstić information content (AvgIpc) is 2.62. The molecule has 0 fully saturated rings. The van der Waals surface area contributed by atoms with Crippen molar-refractivity contribution in [3.8, 4) is 5.75 Å². The average molecular weight is 340 g/mol. The number of hydrogen-bond donors (Lipinski definition) is 2. The lowest BCUT2D eigenvalue weighted by atomic mass is 10.0. The molecule has 1 aliphatic heterocycles. The van der Waals surface area contributed by atoms with E-state index in [1.165, 1.54) is 0 Å². The molecule has 0 spiro atoms. The Hall–Kier alpha value is -3.02. The molecule has 0 radical (unpaired) electrons. The Balaban J connectivity index is 1.58. The summed E-state index contributed by atoms with van der Waals surface area (Å²) in [6.45, 7) is 2.48. The molecule has 25 heavy (non-hydrogen) atoms. The Morgan fingerprint density at radius 3 is 2.88 bits per heavy atom. The molecule has 2 N–H and O–H groups in total. The quantitative estimate of drug-likeness (QED) is 0.839. The summed E-state index contributed by atoms with van der Waals surface area (Å²) in [6, 6.07) is 14.0. The van der Waals surface area contributed by atoms with Crippen LogP contribution in [0.2, 0.25) is 0 Å². The molecule has 2 aromatic rings. The first-order valence-electron chi connectivity index (χ1n) is 8.21. The fourth-order valence-corrected chi connectivity index (χ4v) is 2.71. The Morgan fingerprint density at radius 2 is 2.04 bits per heavy atom. The van der Waals surface area contributed by atoms with Crippen molar-refractivity contribution in [2.24, 2.45) is 0 Å². The van der Waals surface area contributed by atoms with Crippen LogP contribution < -0.4 is 15.4 Å². The molecule has 0 unspecified atom stereocenters. The van der Waals surface area contributed by atoms with Crippen molar-refractivity contribution >= 4 is 17.7 Å². The predicted octanol–water partition coefficient (Wildman–Crippen LogP) is 2.99. The van der Waals surface area contributed by atoms with Crippen LogP contribution in [0.1, 0.15) is 22.8 Å². The number of urea groups is 1. The summed E-state index contributed by atoms with van der Waals surface area (Å²) in [4.78, 5) is 24.0. The number of nitrogens with one attached hydrogen (secondary N) is 2. The fourth-order valence-electron chi connectivity index (χ4n) is 2.71. The van der Waals surface area contributed by atoms with E-state index in [9.17, 15) is 9.59 Å². The van der Waals surface area contributed by atoms with E-state index in [0.29, 0.717) is 30.9 Å². The highest BCUT2D eigenvalue weighted by atomic mass is 16.5. The van der Waals surface area contributed by atoms with Gasteiger partial charge in [-0.2, -0.15) is 0 Å². The molecule has 0 saturated carbocycles. The fraction of sp³-hybridized carbons (Fsp3) is 0.263. The maximum atomic E-state index is 12.2. The van der Waals surface area contributed by atoms with Gasteiger partial charge in [0.05, 0.1) is 18.2 Å². The van der Waals surface area contributed by atoms with Gasteiger partial charge in [-0.15, -0.1) is 0 Å². The molecule has 0 saturated heterocycles. The number of fused-ring (bicyclic) bond motifs is 1. The zero-order valence-corrected chi connectivity index (χ0v) is 14.0. The normalized spacial score (nSPS) is 15.5. The summed E-state index contributed by atoms with van der Waals surface area (Å²) in [5.74, 6) is 0.451. The zero-order valence-electron chi connectivity index (χ0n) is 14.0. The Labute approximate surface area is 146 Å². The lowest BCUT2D eigenvalue weighted by Crippen LogP contribution is -2.44. The second-order valence-electron chi connectivity index (χ2n) is 5.72. The molecule has 2 aromatic carbocycles. The lowest BCUT2D eigenvalue weighted by molar-refractivity contribution is 0.0526. The van der Waals surface area contributed by atoms with E-state index in [2.05, 4.69) is 10.6 Å². The van der Waals surface area contributed by atoms with Crippen molar-refractivity contribution in [2.75, 3.05) is 18.5 Å². The van der Waals surface area contributed by atoms with E-state index in [1.807, 2.05) is 24.3 Å². The molecular weight excluding hydrogens is 320 g/mol. The zero-order chi connectivity index (χ0) is 17.6. The molecule has 2 amide bonds. The number of rotatable bonds is 4. The number of carbonyl (C=O) groups excluding carboxylic acids is 2. The minimum atomic E-state index is -0.413. The molecule has 6 nitrogen and oxygen atoms in total. The minimum Gasteiger partial charge on any atom is -0.491 e. The largest absolute Gasteiger partial charge is 0.491 e. The highest BCUT2D eigenvalue weighted by Gasteiger charge is 2.21. The first kappa shape index (κ1) is 16.8. The van der Waals surface area contributed by atoms with Gasteiger partial charge in [0.15, 0.2) is 0 Å². The highest BCUT2D eigenvalue weighted by Crippen LogP contribution is 2.23. The second kappa shape index (κ2) is 7.70. The molecule has 130 valence electrons. The van der Waals surface area contributed by atoms with Crippen LogP contribution in [0.25, 0.3) is 0 Å². The number of ether oxygens (including phenoxy) is 2. The second-order valence-corrected chi connectivity index (χ2v) is 5.72. The monoisotopic (exact) mass is 340 g/mol. The summed E-state index contributed by atoms with van der Waals surface area (Å²) < 4.78 is 10.6. The van der Waals surface area contributed by atoms with Crippen LogP contribution in [0.15, 0.2) is 48.5 Å². The number of para-hydroxylation sites is 1. The topological polar surface area (TPSA) is 76.7 Å². The van der Waals surface area contributed by atoms with Crippen LogP contribution in [0.3, 0.4) is 0 Å². The summed E-state index contributed by atoms with van der Waals surface area (Å²) in [6.07, 6.45) is 0.715. The maximum absolute atomic E-state index is 12.2. The molecule has 0 bridgehead atoms. The number of amides is 2. The van der Waals surface area contributed by atoms with Gasteiger partial charge >= 0.3 is 12.0 Å². The standard InChI is InChI=1S/C19H20N2O4/c1-2-24-18(22)14-7-5-8-15(11-14)20-19(23)21-16-10-13-6-3-4-9-17(13)25-12-16/h3-9,11,16H,2,10,12H2,1H3,(H2,20,21,23)/t16-/m0/s1. The van der Waals surface area contributed by atoms with Gasteiger partial charge in [-0.05, 0) is 43.2 Å². The third-order valence-electron chi connectivity index (χ3n) is 3.85. The molecule has 1 atom stereocenters. The van der Waals surface area contributed by atoms with E-state index in [1.54, 1.807) is 31.2 Å². The number of esters is 1. The number of anilines is 1. The predicted molar refractivity (Wildman–Crippen MR) is 94.0 cm³/mol. The number of hydrogen-bond acceptors (Lipinski definition) is 4. The van der Waals surface area contributed by atoms with Crippen LogP contribution >= 0.6 is 0 Å². The summed E-state index contributed by atoms with van der Waals surface area (Å²) in [7, 11) is 0. The molecule has 0 aliphatic carbocycles. The van der Waals surface area contributed by atoms with Gasteiger partial charge in [0.2, 0.25) is 0 Å². The van der Waals surface area contributed by atoms with Gasteiger partial charge in [-0.1, -0.05) is 24.3 Å². The first-order chi connectivity index (χ1) is 12.2. The maximum Gasteiger partial charge on any atom is 0.338 e. The molecule has 0 aromatic heterocycles. The SMILES string of the molecule is CCOC(=O)c1cccc(NC(=O)N[C@@H]2COc3ccccc3C2)c1. The van der Waals surface area contributed by atoms with Crippen LogP contribution in [-0.4, -0.2) is 31.3 Å². The van der Waals surface area contributed by atoms with Crippen LogP contribution in [0.4, 0.5) is 10.5 Å². The van der Waals surface area contributed by atoms with E-state index >= 15 is 0 Å². The van der Waals surface area contributed by atoms with Crippen molar-refractivity contribution in [3.63, 3.8) is 0 Å². The summed E-state index contributed by atoms with van der Waals surface area (Å²) in [5.41, 5.74) is 2.00. The Kier molecular flexibility index (Phi) is 5.18. The van der Waals surface area contributed by atoms with Crippen LogP contribution in [-0.2, 0) is 11.2 Å². The molecule has 3 rings (SSSR count).